The molecule has 1 aromatic heterocycles. The zero-order chi connectivity index (χ0) is 22.0. The van der Waals surface area contributed by atoms with Crippen LogP contribution in [0, 0.1) is 5.92 Å². The van der Waals surface area contributed by atoms with Crippen molar-refractivity contribution in [2.24, 2.45) is 5.92 Å². The number of nitrogens with one attached hydrogen (secondary N) is 2. The molecule has 0 radical (unpaired) electrons. The third-order valence-electron chi connectivity index (χ3n) is 7.04. The van der Waals surface area contributed by atoms with Crippen molar-refractivity contribution in [1.29, 1.82) is 0 Å². The fraction of sp³-hybridized carbons (Fsp3) is 0.269. The van der Waals surface area contributed by atoms with Crippen LogP contribution in [0.3, 0.4) is 0 Å². The van der Waals surface area contributed by atoms with E-state index in [9.17, 15) is 0 Å². The molecule has 2 atom stereocenters. The van der Waals surface area contributed by atoms with E-state index in [-0.39, 0.29) is 17.4 Å². The summed E-state index contributed by atoms with van der Waals surface area (Å²) >= 11 is 6.15. The standard InChI is InChI=1S/C26H24ClN3O2/c1-26(2)18-10-14(25-29-21-8-5-15(27)11-22(21)30-25)4-7-20(18)28-24-17-12-16(31-3)6-9-23(17)32-13-19(24)26/h4-12,19,24,28H,13H2,1-3H3,(H,29,30)/t19-,24?/m0/s1. The molecule has 6 heteroatoms. The van der Waals surface area contributed by atoms with E-state index in [1.165, 1.54) is 5.56 Å². The molecule has 2 aliphatic rings. The highest BCUT2D eigenvalue weighted by atomic mass is 35.5. The Bertz CT molecular complexity index is 1360. The van der Waals surface area contributed by atoms with E-state index in [0.717, 1.165) is 45.2 Å². The minimum Gasteiger partial charge on any atom is -0.497 e. The van der Waals surface area contributed by atoms with Gasteiger partial charge in [-0.05, 0) is 60.2 Å². The van der Waals surface area contributed by atoms with E-state index in [1.807, 2.05) is 30.3 Å². The molecule has 0 aliphatic carbocycles. The zero-order valence-electron chi connectivity index (χ0n) is 18.2. The average molecular weight is 446 g/mol. The van der Waals surface area contributed by atoms with Crippen LogP contribution in [0.4, 0.5) is 5.69 Å². The normalized spacial score (nSPS) is 20.5. The van der Waals surface area contributed by atoms with Crippen LogP contribution in [-0.2, 0) is 5.41 Å². The smallest absolute Gasteiger partial charge is 0.138 e. The van der Waals surface area contributed by atoms with Crippen LogP contribution in [-0.4, -0.2) is 23.7 Å². The number of halogens is 1. The van der Waals surface area contributed by atoms with Crippen LogP contribution in [0.25, 0.3) is 22.4 Å². The fourth-order valence-corrected chi connectivity index (χ4v) is 5.33. The Morgan fingerprint density at radius 2 is 1.97 bits per heavy atom. The maximum absolute atomic E-state index is 6.18. The minimum atomic E-state index is -0.0999. The predicted molar refractivity (Wildman–Crippen MR) is 128 cm³/mol. The van der Waals surface area contributed by atoms with Gasteiger partial charge in [-0.1, -0.05) is 25.4 Å². The third kappa shape index (κ3) is 2.88. The Kier molecular flexibility index (Phi) is 4.21. The largest absolute Gasteiger partial charge is 0.497 e. The van der Waals surface area contributed by atoms with Crippen LogP contribution in [0.15, 0.2) is 54.6 Å². The molecule has 5 nitrogen and oxygen atoms in total. The number of hydrogen-bond acceptors (Lipinski definition) is 4. The lowest BCUT2D eigenvalue weighted by Gasteiger charge is -2.48. The number of H-pyrrole nitrogens is 1. The quantitative estimate of drug-likeness (QED) is 0.377. The SMILES string of the molecule is COc1ccc2c(c1)C1Nc3ccc(-c4nc5ccc(Cl)cc5[nH]4)cc3C(C)(C)[C@H]1CO2. The lowest BCUT2D eigenvalue weighted by Crippen LogP contribution is -2.46. The number of imidazole rings is 1. The van der Waals surface area contributed by atoms with Gasteiger partial charge in [0, 0.05) is 33.2 Å². The summed E-state index contributed by atoms with van der Waals surface area (Å²) < 4.78 is 11.7. The first-order valence-corrected chi connectivity index (χ1v) is 11.2. The number of rotatable bonds is 2. The number of fused-ring (bicyclic) bond motifs is 5. The Balaban J connectivity index is 1.43. The van der Waals surface area contributed by atoms with Crippen molar-refractivity contribution in [2.75, 3.05) is 19.0 Å². The van der Waals surface area contributed by atoms with E-state index in [4.69, 9.17) is 26.1 Å². The lowest BCUT2D eigenvalue weighted by atomic mass is 9.65. The predicted octanol–water partition coefficient (Wildman–Crippen LogP) is 6.34. The second-order valence-corrected chi connectivity index (χ2v) is 9.61. The van der Waals surface area contributed by atoms with Gasteiger partial charge in [0.1, 0.15) is 17.3 Å². The Morgan fingerprint density at radius 1 is 1.09 bits per heavy atom. The van der Waals surface area contributed by atoms with Gasteiger partial charge in [-0.15, -0.1) is 0 Å². The fourth-order valence-electron chi connectivity index (χ4n) is 5.16. The number of ether oxygens (including phenoxy) is 2. The van der Waals surface area contributed by atoms with Crippen LogP contribution in [0.2, 0.25) is 5.02 Å². The number of aromatic amines is 1. The summed E-state index contributed by atoms with van der Waals surface area (Å²) in [7, 11) is 1.70. The van der Waals surface area contributed by atoms with Crippen molar-refractivity contribution in [3.05, 3.63) is 70.7 Å². The van der Waals surface area contributed by atoms with Gasteiger partial charge in [0.25, 0.3) is 0 Å². The summed E-state index contributed by atoms with van der Waals surface area (Å²) in [6, 6.07) is 18.5. The highest BCUT2D eigenvalue weighted by Crippen LogP contribution is 2.53. The maximum Gasteiger partial charge on any atom is 0.138 e. The third-order valence-corrected chi connectivity index (χ3v) is 7.28. The molecule has 2 aliphatic heterocycles. The van der Waals surface area contributed by atoms with E-state index in [1.54, 1.807) is 7.11 Å². The van der Waals surface area contributed by atoms with Crippen molar-refractivity contribution in [3.8, 4) is 22.9 Å². The average Bonchev–Trinajstić information content (AvgIpc) is 3.21. The molecule has 0 saturated heterocycles. The van der Waals surface area contributed by atoms with E-state index in [2.05, 4.69) is 48.4 Å². The van der Waals surface area contributed by atoms with Gasteiger partial charge in [-0.25, -0.2) is 4.98 Å². The first-order valence-electron chi connectivity index (χ1n) is 10.8. The summed E-state index contributed by atoms with van der Waals surface area (Å²) in [5, 5.41) is 4.49. The number of anilines is 1. The molecule has 1 unspecified atom stereocenters. The second kappa shape index (κ2) is 6.91. The van der Waals surface area contributed by atoms with E-state index < -0.39 is 0 Å². The molecule has 162 valence electrons. The van der Waals surface area contributed by atoms with Gasteiger partial charge >= 0.3 is 0 Å². The van der Waals surface area contributed by atoms with Crippen molar-refractivity contribution in [3.63, 3.8) is 0 Å². The minimum absolute atomic E-state index is 0.0999. The van der Waals surface area contributed by atoms with Gasteiger partial charge in [-0.2, -0.15) is 0 Å². The molecule has 3 heterocycles. The van der Waals surface area contributed by atoms with Gasteiger partial charge in [0.2, 0.25) is 0 Å². The zero-order valence-corrected chi connectivity index (χ0v) is 19.0. The molecule has 2 N–H and O–H groups in total. The van der Waals surface area contributed by atoms with Crippen molar-refractivity contribution < 1.29 is 9.47 Å². The van der Waals surface area contributed by atoms with Gasteiger partial charge in [-0.3, -0.25) is 0 Å². The number of benzene rings is 3. The van der Waals surface area contributed by atoms with Crippen molar-refractivity contribution in [1.82, 2.24) is 9.97 Å². The second-order valence-electron chi connectivity index (χ2n) is 9.17. The van der Waals surface area contributed by atoms with Crippen molar-refractivity contribution >= 4 is 28.3 Å². The van der Waals surface area contributed by atoms with Crippen LogP contribution in [0.5, 0.6) is 11.5 Å². The van der Waals surface area contributed by atoms with Gasteiger partial charge < -0.3 is 19.8 Å². The summed E-state index contributed by atoms with van der Waals surface area (Å²) in [6.45, 7) is 5.28. The van der Waals surface area contributed by atoms with E-state index in [0.29, 0.717) is 11.6 Å². The highest BCUT2D eigenvalue weighted by molar-refractivity contribution is 6.31. The maximum atomic E-state index is 6.18. The summed E-state index contributed by atoms with van der Waals surface area (Å²) in [6.07, 6.45) is 0. The number of aromatic nitrogens is 2. The summed E-state index contributed by atoms with van der Waals surface area (Å²) in [5.74, 6) is 2.90. The molecule has 0 bridgehead atoms. The monoisotopic (exact) mass is 445 g/mol. The molecule has 0 spiro atoms. The molecular weight excluding hydrogens is 422 g/mol. The molecule has 0 amide bonds. The van der Waals surface area contributed by atoms with Gasteiger partial charge in [0.05, 0.1) is 30.8 Å². The molecule has 4 aromatic rings. The molecule has 6 rings (SSSR count). The van der Waals surface area contributed by atoms with Crippen LogP contribution < -0.4 is 14.8 Å². The first kappa shape index (κ1) is 19.5. The van der Waals surface area contributed by atoms with Crippen molar-refractivity contribution in [2.45, 2.75) is 25.3 Å². The van der Waals surface area contributed by atoms with Gasteiger partial charge in [0.15, 0.2) is 0 Å². The molecule has 32 heavy (non-hydrogen) atoms. The molecule has 3 aromatic carbocycles. The highest BCUT2D eigenvalue weighted by Gasteiger charge is 2.46. The number of nitrogens with zero attached hydrogens (tertiary/aromatic N) is 1. The Labute approximate surface area is 191 Å². The summed E-state index contributed by atoms with van der Waals surface area (Å²) in [5.41, 5.74) is 6.37. The van der Waals surface area contributed by atoms with Crippen LogP contribution >= 0.6 is 11.6 Å². The molecule has 0 fully saturated rings. The first-order chi connectivity index (χ1) is 15.4. The van der Waals surface area contributed by atoms with Crippen LogP contribution in [0.1, 0.15) is 31.0 Å². The van der Waals surface area contributed by atoms with E-state index >= 15 is 0 Å². The molecule has 0 saturated carbocycles. The lowest BCUT2D eigenvalue weighted by molar-refractivity contribution is 0.135. The molecular formula is C26H24ClN3O2. The Morgan fingerprint density at radius 3 is 2.81 bits per heavy atom. The number of methoxy groups -OCH3 is 1. The topological polar surface area (TPSA) is 59.2 Å². The number of hydrogen-bond donors (Lipinski definition) is 2. The summed E-state index contributed by atoms with van der Waals surface area (Å²) in [4.78, 5) is 8.19. The Hall–Kier alpha value is -3.18.